The fraction of sp³-hybridized carbons (Fsp3) is 0.829. The third-order valence-corrected chi connectivity index (χ3v) is 18.3. The molecule has 0 amide bonds. The Morgan fingerprint density at radius 3 is 1.49 bits per heavy atom. The van der Waals surface area contributed by atoms with Crippen LogP contribution in [0, 0.1) is 0 Å². The maximum absolute atomic E-state index is 3.24. The van der Waals surface area contributed by atoms with E-state index in [2.05, 4.69) is 39.7 Å². The van der Waals surface area contributed by atoms with Gasteiger partial charge in [0, 0.05) is 24.8 Å². The van der Waals surface area contributed by atoms with Gasteiger partial charge in [-0.3, -0.25) is 4.67 Å². The molecule has 5 fully saturated rings. The predicted octanol–water partition coefficient (Wildman–Crippen LogP) is 11.1. The maximum Gasteiger partial charge on any atom is 0.0399 e. The second-order valence-electron chi connectivity index (χ2n) is 13.8. The summed E-state index contributed by atoms with van der Waals surface area (Å²) in [5.74, 6) is 0. The number of hydrogen-bond donors (Lipinski definition) is 0. The van der Waals surface area contributed by atoms with Crippen LogP contribution in [-0.4, -0.2) is 46.4 Å². The number of rotatable bonds is 9. The van der Waals surface area contributed by atoms with Crippen molar-refractivity contribution in [2.45, 2.75) is 170 Å². The van der Waals surface area contributed by atoms with E-state index in [1.165, 1.54) is 129 Å². The van der Waals surface area contributed by atoms with Crippen molar-refractivity contribution in [1.82, 2.24) is 4.67 Å². The molecule has 218 valence electrons. The van der Waals surface area contributed by atoms with Gasteiger partial charge in [-0.25, -0.2) is 0 Å². The van der Waals surface area contributed by atoms with Crippen molar-refractivity contribution in [1.29, 1.82) is 0 Å². The van der Waals surface area contributed by atoms with Gasteiger partial charge >= 0.3 is 0 Å². The van der Waals surface area contributed by atoms with Gasteiger partial charge in [0.05, 0.1) is 0 Å². The lowest BCUT2D eigenvalue weighted by Crippen LogP contribution is -2.42. The summed E-state index contributed by atoms with van der Waals surface area (Å²) in [5, 5.41) is 0. The predicted molar refractivity (Wildman–Crippen MR) is 175 cm³/mol. The van der Waals surface area contributed by atoms with E-state index < -0.39 is 0 Å². The number of para-hydroxylation sites is 1. The number of benzene rings is 1. The van der Waals surface area contributed by atoms with Crippen LogP contribution in [0.25, 0.3) is 0 Å². The highest BCUT2D eigenvalue weighted by Crippen LogP contribution is 2.63. The minimum atomic E-state index is -0.106. The Balaban J connectivity index is 1.29. The zero-order valence-corrected chi connectivity index (χ0v) is 26.8. The Bertz CT molecular complexity index is 788. The van der Waals surface area contributed by atoms with E-state index in [1.807, 2.05) is 0 Å². The lowest BCUT2D eigenvalue weighted by molar-refractivity contribution is 0.393. The number of hydrogen-bond acceptors (Lipinski definition) is 2. The highest BCUT2D eigenvalue weighted by atomic mass is 31.1. The van der Waals surface area contributed by atoms with E-state index in [4.69, 9.17) is 0 Å². The van der Waals surface area contributed by atoms with Crippen LogP contribution in [0.1, 0.15) is 141 Å². The minimum absolute atomic E-state index is 0.0287. The van der Waals surface area contributed by atoms with E-state index in [0.717, 1.165) is 28.7 Å². The molecule has 0 N–H and O–H groups in total. The van der Waals surface area contributed by atoms with Crippen LogP contribution in [0.3, 0.4) is 0 Å². The van der Waals surface area contributed by atoms with Gasteiger partial charge in [0.2, 0.25) is 0 Å². The molecule has 0 spiro atoms. The van der Waals surface area contributed by atoms with Crippen molar-refractivity contribution in [3.05, 3.63) is 30.3 Å². The lowest BCUT2D eigenvalue weighted by Gasteiger charge is -2.49. The van der Waals surface area contributed by atoms with Crippen molar-refractivity contribution in [3.63, 3.8) is 0 Å². The molecule has 0 radical (unpaired) electrons. The first-order valence-corrected chi connectivity index (χ1v) is 20.4. The molecule has 4 saturated carbocycles. The maximum atomic E-state index is 3.24. The topological polar surface area (TPSA) is 6.48 Å². The first-order valence-electron chi connectivity index (χ1n) is 17.5. The van der Waals surface area contributed by atoms with Crippen molar-refractivity contribution < 1.29 is 0 Å². The van der Waals surface area contributed by atoms with Crippen LogP contribution in [0.2, 0.25) is 0 Å². The second kappa shape index (κ2) is 14.8. The Morgan fingerprint density at radius 2 is 1.00 bits per heavy atom. The summed E-state index contributed by atoms with van der Waals surface area (Å²) in [7, 11) is -0.0776. The van der Waals surface area contributed by atoms with Crippen molar-refractivity contribution >= 4 is 21.8 Å². The van der Waals surface area contributed by atoms with Crippen LogP contribution in [0.15, 0.2) is 30.3 Å². The number of nitrogens with zero attached hydrogens (tertiary/aromatic N) is 2. The molecule has 1 atom stereocenters. The minimum Gasteiger partial charge on any atom is -0.348 e. The molecule has 1 saturated heterocycles. The average Bonchev–Trinajstić information content (AvgIpc) is 3.47. The number of anilines is 1. The Labute approximate surface area is 244 Å². The molecular formula is C35H58N2P2. The molecule has 4 aliphatic carbocycles. The van der Waals surface area contributed by atoms with Gasteiger partial charge in [0.15, 0.2) is 0 Å². The first kappa shape index (κ1) is 28.9. The van der Waals surface area contributed by atoms with Crippen molar-refractivity contribution in [2.24, 2.45) is 0 Å². The highest BCUT2D eigenvalue weighted by molar-refractivity contribution is 7.61. The van der Waals surface area contributed by atoms with E-state index >= 15 is 0 Å². The van der Waals surface area contributed by atoms with Gasteiger partial charge in [0.25, 0.3) is 0 Å². The molecule has 0 unspecified atom stereocenters. The van der Waals surface area contributed by atoms with Crippen molar-refractivity contribution in [3.8, 4) is 0 Å². The normalized spacial score (nSPS) is 27.5. The molecule has 4 heteroatoms. The molecule has 39 heavy (non-hydrogen) atoms. The van der Waals surface area contributed by atoms with Crippen LogP contribution in [0.5, 0.6) is 0 Å². The molecule has 6 rings (SSSR count). The van der Waals surface area contributed by atoms with Gasteiger partial charge in [0.1, 0.15) is 0 Å². The quantitative estimate of drug-likeness (QED) is 0.273. The third kappa shape index (κ3) is 7.26. The van der Waals surface area contributed by atoms with Gasteiger partial charge in [-0.1, -0.05) is 95.2 Å². The molecule has 0 aromatic heterocycles. The van der Waals surface area contributed by atoms with E-state index in [9.17, 15) is 0 Å². The Morgan fingerprint density at radius 1 is 0.538 bits per heavy atom. The molecule has 1 heterocycles. The summed E-state index contributed by atoms with van der Waals surface area (Å²) in [6.45, 7) is 2.75. The molecule has 1 aromatic carbocycles. The molecule has 1 aromatic rings. The molecule has 5 aliphatic rings. The fourth-order valence-electron chi connectivity index (χ4n) is 9.24. The molecule has 2 nitrogen and oxygen atoms in total. The van der Waals surface area contributed by atoms with Gasteiger partial charge in [-0.05, 0) is 115 Å². The molecular weight excluding hydrogens is 510 g/mol. The Kier molecular flexibility index (Phi) is 11.0. The summed E-state index contributed by atoms with van der Waals surface area (Å²) in [4.78, 5) is 0. The average molecular weight is 569 g/mol. The largest absolute Gasteiger partial charge is 0.348 e. The third-order valence-electron chi connectivity index (χ3n) is 11.2. The second-order valence-corrected chi connectivity index (χ2v) is 19.2. The van der Waals surface area contributed by atoms with Gasteiger partial charge < -0.3 is 4.67 Å². The summed E-state index contributed by atoms with van der Waals surface area (Å²) in [5.41, 5.74) is 5.61. The van der Waals surface area contributed by atoms with E-state index in [0.29, 0.717) is 0 Å². The summed E-state index contributed by atoms with van der Waals surface area (Å²) < 4.78 is 6.37. The molecule has 0 bridgehead atoms. The van der Waals surface area contributed by atoms with E-state index in [1.54, 1.807) is 31.4 Å². The van der Waals surface area contributed by atoms with Crippen LogP contribution >= 0.6 is 16.1 Å². The van der Waals surface area contributed by atoms with Gasteiger partial charge in [-0.2, -0.15) is 0 Å². The van der Waals surface area contributed by atoms with Gasteiger partial charge in [-0.15, -0.1) is 0 Å². The lowest BCUT2D eigenvalue weighted by atomic mass is 9.99. The van der Waals surface area contributed by atoms with Crippen molar-refractivity contribution in [2.75, 3.05) is 17.8 Å². The zero-order chi connectivity index (χ0) is 26.3. The summed E-state index contributed by atoms with van der Waals surface area (Å²) in [6, 6.07) is 12.7. The van der Waals surface area contributed by atoms with Crippen LogP contribution in [-0.2, 0) is 0 Å². The highest BCUT2D eigenvalue weighted by Gasteiger charge is 2.43. The summed E-state index contributed by atoms with van der Waals surface area (Å²) in [6.07, 6.45) is 33.1. The zero-order valence-electron chi connectivity index (χ0n) is 25.0. The van der Waals surface area contributed by atoms with Crippen LogP contribution < -0.4 is 4.67 Å². The Hall–Kier alpha value is -0.160. The standard InChI is InChI=1S/C35H58N2P2/c1-6-17-30(18-7-1)37(39(34-24-12-4-13-25-34)35-26-14-5-15-27-35)29-31-19-16-28-36(31)38(32-20-8-2-9-21-32)33-22-10-3-11-23-33/h1,6-7,17-18,31-35H,2-5,8-16,19-29H2/t31-/m0/s1. The summed E-state index contributed by atoms with van der Waals surface area (Å²) >= 11 is 0. The fourth-order valence-corrected chi connectivity index (χ4v) is 17.3. The first-order chi connectivity index (χ1) is 19.4. The SMILES string of the molecule is c1ccc(N(C[C@@H]2CCCN2P(C2CCCCC2)C2CCCCC2)P(C2CCCCC2)C2CCCCC2)cc1. The monoisotopic (exact) mass is 568 g/mol. The smallest absolute Gasteiger partial charge is 0.0399 e. The van der Waals surface area contributed by atoms with Crippen LogP contribution in [0.4, 0.5) is 5.69 Å². The van der Waals surface area contributed by atoms with E-state index in [-0.39, 0.29) is 16.1 Å². The molecule has 1 aliphatic heterocycles.